The van der Waals surface area contributed by atoms with Crippen molar-refractivity contribution in [1.29, 1.82) is 0 Å². The normalized spacial score (nSPS) is 19.9. The molecule has 1 aromatic rings. The fraction of sp³-hybridized carbons (Fsp3) is 0.600. The van der Waals surface area contributed by atoms with Crippen LogP contribution >= 0.6 is 0 Å². The van der Waals surface area contributed by atoms with Crippen LogP contribution in [0.2, 0.25) is 0 Å². The van der Waals surface area contributed by atoms with E-state index < -0.39 is 5.97 Å². The van der Waals surface area contributed by atoms with Gasteiger partial charge in [0.1, 0.15) is 0 Å². The molecule has 2 heterocycles. The van der Waals surface area contributed by atoms with Crippen molar-refractivity contribution in [2.24, 2.45) is 0 Å². The standard InChI is InChI=1S/C10H14N2O3/c13-10(14)2-1-8-5-11-7-12(8)6-9-3-4-15-9/h5,7,9H,1-4,6H2,(H,13,14)/t9-/m0/s1. The lowest BCUT2D eigenvalue weighted by Crippen LogP contribution is -2.31. The Balaban J connectivity index is 1.91. The molecule has 1 aromatic heterocycles. The summed E-state index contributed by atoms with van der Waals surface area (Å²) in [6.07, 6.45) is 5.50. The number of nitrogens with zero attached hydrogens (tertiary/aromatic N) is 2. The van der Waals surface area contributed by atoms with Crippen molar-refractivity contribution >= 4 is 5.97 Å². The van der Waals surface area contributed by atoms with Crippen molar-refractivity contribution in [2.45, 2.75) is 31.9 Å². The predicted molar refractivity (Wildman–Crippen MR) is 52.5 cm³/mol. The first-order chi connectivity index (χ1) is 7.25. The number of hydrogen-bond acceptors (Lipinski definition) is 3. The Morgan fingerprint density at radius 3 is 3.13 bits per heavy atom. The van der Waals surface area contributed by atoms with Crippen LogP contribution in [0.15, 0.2) is 12.5 Å². The summed E-state index contributed by atoms with van der Waals surface area (Å²) in [6, 6.07) is 0. The van der Waals surface area contributed by atoms with Gasteiger partial charge in [-0.3, -0.25) is 4.79 Å². The number of carboxylic acids is 1. The molecule has 1 aliphatic heterocycles. The van der Waals surface area contributed by atoms with E-state index >= 15 is 0 Å². The van der Waals surface area contributed by atoms with E-state index in [1.165, 1.54) is 0 Å². The number of carbonyl (C=O) groups is 1. The number of aliphatic carboxylic acids is 1. The third-order valence-corrected chi connectivity index (χ3v) is 2.59. The SMILES string of the molecule is O=C(O)CCc1cncn1C[C@@H]1CCO1. The van der Waals surface area contributed by atoms with Crippen LogP contribution < -0.4 is 0 Å². The van der Waals surface area contributed by atoms with Crippen molar-refractivity contribution in [2.75, 3.05) is 6.61 Å². The van der Waals surface area contributed by atoms with Gasteiger partial charge >= 0.3 is 5.97 Å². The molecular weight excluding hydrogens is 196 g/mol. The molecule has 0 radical (unpaired) electrons. The smallest absolute Gasteiger partial charge is 0.303 e. The zero-order chi connectivity index (χ0) is 10.7. The second kappa shape index (κ2) is 4.44. The lowest BCUT2D eigenvalue weighted by atomic mass is 10.2. The summed E-state index contributed by atoms with van der Waals surface area (Å²) in [5.41, 5.74) is 0.966. The van der Waals surface area contributed by atoms with Gasteiger partial charge in [0.25, 0.3) is 0 Å². The molecule has 0 aliphatic carbocycles. The number of aromatic nitrogens is 2. The van der Waals surface area contributed by atoms with Crippen LogP contribution in [0.3, 0.4) is 0 Å². The van der Waals surface area contributed by atoms with Gasteiger partial charge in [0.15, 0.2) is 0 Å². The van der Waals surface area contributed by atoms with Crippen molar-refractivity contribution < 1.29 is 14.6 Å². The van der Waals surface area contributed by atoms with Crippen LogP contribution in [0.5, 0.6) is 0 Å². The molecule has 82 valence electrons. The minimum atomic E-state index is -0.775. The molecule has 1 aliphatic rings. The molecule has 1 fully saturated rings. The Morgan fingerprint density at radius 1 is 1.73 bits per heavy atom. The highest BCUT2D eigenvalue weighted by Crippen LogP contribution is 2.14. The quantitative estimate of drug-likeness (QED) is 0.776. The highest BCUT2D eigenvalue weighted by atomic mass is 16.5. The first kappa shape index (κ1) is 10.2. The molecule has 0 aromatic carbocycles. The van der Waals surface area contributed by atoms with E-state index in [9.17, 15) is 4.79 Å². The number of aryl methyl sites for hydroxylation is 1. The number of carboxylic acid groups (broad SMARTS) is 1. The van der Waals surface area contributed by atoms with Crippen LogP contribution in [0.1, 0.15) is 18.5 Å². The fourth-order valence-corrected chi connectivity index (χ4v) is 1.60. The summed E-state index contributed by atoms with van der Waals surface area (Å²) in [4.78, 5) is 14.5. The number of hydrogen-bond donors (Lipinski definition) is 1. The second-order valence-corrected chi connectivity index (χ2v) is 3.71. The largest absolute Gasteiger partial charge is 0.481 e. The summed E-state index contributed by atoms with van der Waals surface area (Å²) in [7, 11) is 0. The maximum Gasteiger partial charge on any atom is 0.303 e. The summed E-state index contributed by atoms with van der Waals surface area (Å²) in [5.74, 6) is -0.775. The van der Waals surface area contributed by atoms with Gasteiger partial charge in [-0.1, -0.05) is 0 Å². The fourth-order valence-electron chi connectivity index (χ4n) is 1.60. The topological polar surface area (TPSA) is 64.3 Å². The third kappa shape index (κ3) is 2.56. The Bertz CT molecular complexity index is 344. The molecule has 1 atom stereocenters. The first-order valence-corrected chi connectivity index (χ1v) is 5.08. The molecule has 0 amide bonds. The van der Waals surface area contributed by atoms with E-state index in [2.05, 4.69) is 4.98 Å². The van der Waals surface area contributed by atoms with Crippen LogP contribution in [-0.4, -0.2) is 33.3 Å². The Hall–Kier alpha value is -1.36. The van der Waals surface area contributed by atoms with E-state index in [4.69, 9.17) is 9.84 Å². The van der Waals surface area contributed by atoms with Crippen LogP contribution in [0.25, 0.3) is 0 Å². The molecule has 0 saturated carbocycles. The van der Waals surface area contributed by atoms with Gasteiger partial charge in [-0.2, -0.15) is 0 Å². The van der Waals surface area contributed by atoms with Gasteiger partial charge < -0.3 is 14.4 Å². The monoisotopic (exact) mass is 210 g/mol. The minimum absolute atomic E-state index is 0.150. The van der Waals surface area contributed by atoms with E-state index in [1.54, 1.807) is 12.5 Å². The van der Waals surface area contributed by atoms with Gasteiger partial charge in [0.05, 0.1) is 25.4 Å². The maximum absolute atomic E-state index is 10.4. The van der Waals surface area contributed by atoms with Crippen molar-refractivity contribution in [1.82, 2.24) is 9.55 Å². The number of ether oxygens (including phenoxy) is 1. The molecule has 0 spiro atoms. The Kier molecular flexibility index (Phi) is 3.01. The van der Waals surface area contributed by atoms with E-state index in [0.29, 0.717) is 6.42 Å². The number of rotatable bonds is 5. The van der Waals surface area contributed by atoms with Gasteiger partial charge in [-0.25, -0.2) is 4.98 Å². The summed E-state index contributed by atoms with van der Waals surface area (Å²) < 4.78 is 7.30. The van der Waals surface area contributed by atoms with Crippen molar-refractivity contribution in [3.63, 3.8) is 0 Å². The minimum Gasteiger partial charge on any atom is -0.481 e. The molecule has 2 rings (SSSR count). The lowest BCUT2D eigenvalue weighted by molar-refractivity contribution is -0.136. The zero-order valence-corrected chi connectivity index (χ0v) is 8.43. The first-order valence-electron chi connectivity index (χ1n) is 5.08. The average Bonchev–Trinajstić information content (AvgIpc) is 2.55. The second-order valence-electron chi connectivity index (χ2n) is 3.71. The van der Waals surface area contributed by atoms with Crippen LogP contribution in [-0.2, 0) is 22.5 Å². The molecule has 0 unspecified atom stereocenters. The third-order valence-electron chi connectivity index (χ3n) is 2.59. The van der Waals surface area contributed by atoms with E-state index in [0.717, 1.165) is 25.3 Å². The highest BCUT2D eigenvalue weighted by molar-refractivity contribution is 5.66. The molecule has 15 heavy (non-hydrogen) atoms. The molecule has 5 heteroatoms. The summed E-state index contributed by atoms with van der Waals surface area (Å²) >= 11 is 0. The van der Waals surface area contributed by atoms with Gasteiger partial charge in [0, 0.05) is 18.5 Å². The summed E-state index contributed by atoms with van der Waals surface area (Å²) in [6.45, 7) is 1.62. The Morgan fingerprint density at radius 2 is 2.53 bits per heavy atom. The average molecular weight is 210 g/mol. The molecule has 0 bridgehead atoms. The van der Waals surface area contributed by atoms with Gasteiger partial charge in [0.2, 0.25) is 0 Å². The maximum atomic E-state index is 10.4. The van der Waals surface area contributed by atoms with Crippen LogP contribution in [0.4, 0.5) is 0 Å². The molecule has 5 nitrogen and oxygen atoms in total. The predicted octanol–water partition coefficient (Wildman–Crippen LogP) is 0.689. The zero-order valence-electron chi connectivity index (χ0n) is 8.43. The lowest BCUT2D eigenvalue weighted by Gasteiger charge is -2.27. The molecular formula is C10H14N2O3. The van der Waals surface area contributed by atoms with Gasteiger partial charge in [-0.05, 0) is 12.8 Å². The Labute approximate surface area is 87.7 Å². The number of imidazole rings is 1. The van der Waals surface area contributed by atoms with Crippen molar-refractivity contribution in [3.05, 3.63) is 18.2 Å². The van der Waals surface area contributed by atoms with E-state index in [1.807, 2.05) is 4.57 Å². The van der Waals surface area contributed by atoms with E-state index in [-0.39, 0.29) is 12.5 Å². The molecule has 1 N–H and O–H groups in total. The van der Waals surface area contributed by atoms with Crippen LogP contribution in [0, 0.1) is 0 Å². The molecule has 1 saturated heterocycles. The van der Waals surface area contributed by atoms with Gasteiger partial charge in [-0.15, -0.1) is 0 Å². The highest BCUT2D eigenvalue weighted by Gasteiger charge is 2.19. The summed E-state index contributed by atoms with van der Waals surface area (Å²) in [5, 5.41) is 8.59. The van der Waals surface area contributed by atoms with Crippen molar-refractivity contribution in [3.8, 4) is 0 Å².